The van der Waals surface area contributed by atoms with E-state index in [1.54, 1.807) is 27.7 Å². The molecule has 0 saturated heterocycles. The molecular formula is C19H23F5N2O2S2. The van der Waals surface area contributed by atoms with E-state index in [4.69, 9.17) is 4.74 Å². The van der Waals surface area contributed by atoms with Gasteiger partial charge in [-0.25, -0.2) is 27.3 Å². The van der Waals surface area contributed by atoms with Gasteiger partial charge in [0.05, 0.1) is 5.54 Å². The Morgan fingerprint density at radius 1 is 1.33 bits per heavy atom. The highest BCUT2D eigenvalue weighted by Gasteiger charge is 2.62. The number of aliphatic imine (C=N–C) groups is 1. The van der Waals surface area contributed by atoms with Gasteiger partial charge in [0.15, 0.2) is 29.1 Å². The first-order valence-corrected chi connectivity index (χ1v) is 10.6. The van der Waals surface area contributed by atoms with Crippen LogP contribution in [0.25, 0.3) is 0 Å². The Morgan fingerprint density at radius 2 is 1.93 bits per heavy atom. The first-order valence-electron chi connectivity index (χ1n) is 9.06. The zero-order valence-electron chi connectivity index (χ0n) is 17.1. The predicted molar refractivity (Wildman–Crippen MR) is 109 cm³/mol. The lowest BCUT2D eigenvalue weighted by Crippen LogP contribution is -2.39. The smallest absolute Gasteiger partial charge is 0.428 e. The van der Waals surface area contributed by atoms with Gasteiger partial charge in [-0.05, 0) is 39.7 Å². The molecule has 0 bridgehead atoms. The molecule has 2 unspecified atom stereocenters. The molecule has 1 aliphatic carbocycles. The number of amidine groups is 1. The summed E-state index contributed by atoms with van der Waals surface area (Å²) in [6.45, 7) is 6.95. The summed E-state index contributed by atoms with van der Waals surface area (Å²) >= 11 is 0.950. The Balaban J connectivity index is 0.00000101. The number of hydrogen-bond acceptors (Lipinski definition) is 5. The lowest BCUT2D eigenvalue weighted by Gasteiger charge is -2.33. The predicted octanol–water partition coefficient (Wildman–Crippen LogP) is 6.57. The average Bonchev–Trinajstić information content (AvgIpc) is 3.28. The van der Waals surface area contributed by atoms with Crippen molar-refractivity contribution >= 4 is 35.4 Å². The molecule has 1 saturated carbocycles. The van der Waals surface area contributed by atoms with Gasteiger partial charge in [0.1, 0.15) is 5.60 Å². The molecule has 1 aromatic carbocycles. The van der Waals surface area contributed by atoms with Gasteiger partial charge >= 0.3 is 6.09 Å². The molecule has 1 fully saturated rings. The van der Waals surface area contributed by atoms with Crippen LogP contribution in [0.5, 0.6) is 0 Å². The molecule has 0 radical (unpaired) electrons. The second kappa shape index (κ2) is 9.33. The molecule has 0 spiro atoms. The van der Waals surface area contributed by atoms with E-state index in [1.165, 1.54) is 23.9 Å². The van der Waals surface area contributed by atoms with Crippen molar-refractivity contribution in [2.45, 2.75) is 51.0 Å². The maximum atomic E-state index is 14.5. The summed E-state index contributed by atoms with van der Waals surface area (Å²) in [4.78, 5) is 16.9. The summed E-state index contributed by atoms with van der Waals surface area (Å²) in [5.74, 6) is -1.80. The van der Waals surface area contributed by atoms with E-state index < -0.39 is 35.8 Å². The molecule has 30 heavy (non-hydrogen) atoms. The zero-order valence-corrected chi connectivity index (χ0v) is 18.7. The molecule has 0 aromatic heterocycles. The van der Waals surface area contributed by atoms with Crippen molar-refractivity contribution in [1.29, 1.82) is 0 Å². The molecule has 0 N–H and O–H groups in total. The maximum Gasteiger partial charge on any atom is 0.428 e. The van der Waals surface area contributed by atoms with Crippen molar-refractivity contribution in [2.24, 2.45) is 16.8 Å². The number of rotatable bonds is 2. The van der Waals surface area contributed by atoms with E-state index in [2.05, 4.69) is 4.99 Å². The highest BCUT2D eigenvalue weighted by Crippen LogP contribution is 2.62. The summed E-state index contributed by atoms with van der Waals surface area (Å²) < 4.78 is 67.1. The average molecular weight is 471 g/mol. The Kier molecular flexibility index (Phi) is 7.71. The van der Waals surface area contributed by atoms with Crippen LogP contribution in [0.1, 0.15) is 40.2 Å². The van der Waals surface area contributed by atoms with E-state index in [0.29, 0.717) is 0 Å². The number of halogens is 5. The van der Waals surface area contributed by atoms with E-state index in [-0.39, 0.29) is 40.2 Å². The molecule has 1 aromatic rings. The van der Waals surface area contributed by atoms with E-state index >= 15 is 0 Å². The van der Waals surface area contributed by atoms with Crippen LogP contribution in [0.4, 0.5) is 26.2 Å². The number of nitrogens with zero attached hydrogens (tertiary/aromatic N) is 2. The van der Waals surface area contributed by atoms with Crippen LogP contribution >= 0.6 is 24.1 Å². The molecule has 1 heterocycles. The largest absolute Gasteiger partial charge is 0.443 e. The molecule has 1 aliphatic heterocycles. The topological polar surface area (TPSA) is 41.9 Å². The van der Waals surface area contributed by atoms with Crippen LogP contribution in [-0.2, 0) is 10.3 Å². The number of carbonyl (C=O) groups is 1. The summed E-state index contributed by atoms with van der Waals surface area (Å²) in [5, 5.41) is 0.121. The summed E-state index contributed by atoms with van der Waals surface area (Å²) in [6.07, 6.45) is -0.893. The third kappa shape index (κ3) is 5.04. The van der Waals surface area contributed by atoms with E-state index in [9.17, 15) is 26.2 Å². The van der Waals surface area contributed by atoms with Gasteiger partial charge in [0.25, 0.3) is 0 Å². The highest BCUT2D eigenvalue weighted by atomic mass is 32.2. The fourth-order valence-electron chi connectivity index (χ4n) is 3.53. The Morgan fingerprint density at radius 3 is 2.47 bits per heavy atom. The summed E-state index contributed by atoms with van der Waals surface area (Å²) in [5.41, 5.74) is -1.81. The quantitative estimate of drug-likeness (QED) is 0.362. The number of alkyl halides is 2. The van der Waals surface area contributed by atoms with Crippen LogP contribution < -0.4 is 0 Å². The van der Waals surface area contributed by atoms with Gasteiger partial charge < -0.3 is 4.74 Å². The lowest BCUT2D eigenvalue weighted by atomic mass is 9.86. The zero-order chi connectivity index (χ0) is 22.9. The number of carbonyl (C=O) groups excluding carboxylic acids is 1. The molecule has 1 amide bonds. The van der Waals surface area contributed by atoms with Crippen LogP contribution in [0.2, 0.25) is 0 Å². The van der Waals surface area contributed by atoms with Crippen LogP contribution in [0, 0.1) is 23.5 Å². The number of amides is 1. The lowest BCUT2D eigenvalue weighted by molar-refractivity contribution is 0.0473. The highest BCUT2D eigenvalue weighted by molar-refractivity contribution is 8.15. The molecule has 4 nitrogen and oxygen atoms in total. The van der Waals surface area contributed by atoms with Crippen LogP contribution in [0.3, 0.4) is 0 Å². The van der Waals surface area contributed by atoms with Crippen molar-refractivity contribution in [3.63, 3.8) is 0 Å². The van der Waals surface area contributed by atoms with Gasteiger partial charge in [-0.1, -0.05) is 30.8 Å². The SMILES string of the molecule is C[C@@H]1C2SC(N(SF)C(=O)OC(C)(C)C)=N[C@](C)(c3cccc(F)c3F)C21.FCF. The monoisotopic (exact) mass is 470 g/mol. The van der Waals surface area contributed by atoms with Gasteiger partial charge in [-0.2, -0.15) is 4.31 Å². The Labute approximate surface area is 181 Å². The minimum Gasteiger partial charge on any atom is -0.443 e. The van der Waals surface area contributed by atoms with Crippen molar-refractivity contribution in [3.8, 4) is 0 Å². The van der Waals surface area contributed by atoms with Crippen molar-refractivity contribution < 1.29 is 31.0 Å². The maximum absolute atomic E-state index is 14.5. The fourth-order valence-corrected chi connectivity index (χ4v) is 5.54. The van der Waals surface area contributed by atoms with Gasteiger partial charge in [0, 0.05) is 16.7 Å². The molecular weight excluding hydrogens is 447 g/mol. The second-order valence-corrected chi connectivity index (χ2v) is 9.70. The third-order valence-corrected chi connectivity index (χ3v) is 6.87. The molecule has 4 atom stereocenters. The number of ether oxygens (including phenoxy) is 1. The first kappa shape index (κ1) is 24.8. The fraction of sp³-hybridized carbons (Fsp3) is 0.579. The van der Waals surface area contributed by atoms with Gasteiger partial charge in [-0.15, -0.1) is 3.89 Å². The molecule has 2 aliphatic rings. The summed E-state index contributed by atoms with van der Waals surface area (Å²) in [6, 6.07) is 3.95. The molecule has 11 heteroatoms. The van der Waals surface area contributed by atoms with Gasteiger partial charge in [0.2, 0.25) is 6.93 Å². The number of thioether (sulfide) groups is 1. The minimum absolute atomic E-state index is 0.0299. The van der Waals surface area contributed by atoms with Gasteiger partial charge in [-0.3, -0.25) is 0 Å². The van der Waals surface area contributed by atoms with Crippen LogP contribution in [-0.4, -0.2) is 33.3 Å². The van der Waals surface area contributed by atoms with Crippen LogP contribution in [0.15, 0.2) is 23.2 Å². The van der Waals surface area contributed by atoms with E-state index in [0.717, 1.165) is 10.4 Å². The normalized spacial score (nSPS) is 27.3. The Hall–Kier alpha value is -1.49. The van der Waals surface area contributed by atoms with E-state index in [1.807, 2.05) is 6.92 Å². The first-order chi connectivity index (χ1) is 13.9. The number of hydrogen-bond donors (Lipinski definition) is 0. The van der Waals surface area contributed by atoms with Crippen molar-refractivity contribution in [1.82, 2.24) is 4.31 Å². The Bertz CT molecular complexity index is 821. The second-order valence-electron chi connectivity index (χ2n) is 8.06. The van der Waals surface area contributed by atoms with Crippen molar-refractivity contribution in [3.05, 3.63) is 35.4 Å². The number of fused-ring (bicyclic) bond motifs is 1. The molecule has 3 rings (SSSR count). The number of benzene rings is 1. The van der Waals surface area contributed by atoms with Crippen molar-refractivity contribution in [2.75, 3.05) is 6.93 Å². The standard InChI is InChI=1S/C18H21F3N2O2S2.CH2F2/c1-9-12-14(9)26-15(23(27-21)16(24)25-17(2,3)4)22-18(12,5)10-7-6-8-11(19)13(10)20;2-1-3/h6-9,12,14H,1-5H3;1H2/t9-,12?,14?,18+;/m0./s1. The molecule has 168 valence electrons. The summed E-state index contributed by atoms with van der Waals surface area (Å²) in [7, 11) is 0. The minimum atomic E-state index is -1.75. The third-order valence-electron chi connectivity index (χ3n) is 4.82.